The molecule has 0 saturated carbocycles. The number of nitrogens with one attached hydrogen (secondary N) is 1. The Balaban J connectivity index is 2.67. The molecule has 0 aliphatic heterocycles. The molecule has 3 unspecified atom stereocenters. The number of carbonyl (C=O) groups is 1. The molecule has 0 saturated heterocycles. The van der Waals surface area contributed by atoms with E-state index < -0.39 is 24.2 Å². The maximum absolute atomic E-state index is 13.1. The molecule has 124 valence electrons. The monoisotopic (exact) mass is 316 g/mol. The summed E-state index contributed by atoms with van der Waals surface area (Å²) in [6.45, 7) is 3.59. The normalized spacial score (nSPS) is 15.9. The van der Waals surface area contributed by atoms with Crippen LogP contribution in [-0.2, 0) is 11.2 Å². The van der Waals surface area contributed by atoms with Crippen molar-refractivity contribution in [2.75, 3.05) is 0 Å². The van der Waals surface area contributed by atoms with E-state index in [0.29, 0.717) is 6.42 Å². The fourth-order valence-corrected chi connectivity index (χ4v) is 2.05. The van der Waals surface area contributed by atoms with Crippen molar-refractivity contribution in [1.82, 2.24) is 5.32 Å². The fraction of sp³-hybridized carbons (Fsp3) is 0.562. The van der Waals surface area contributed by atoms with Gasteiger partial charge in [-0.2, -0.15) is 13.2 Å². The van der Waals surface area contributed by atoms with E-state index >= 15 is 0 Å². The molecule has 6 heteroatoms. The minimum atomic E-state index is -4.49. The Labute approximate surface area is 129 Å². The zero-order chi connectivity index (χ0) is 16.8. The summed E-state index contributed by atoms with van der Waals surface area (Å²) >= 11 is 0. The molecule has 0 spiro atoms. The van der Waals surface area contributed by atoms with Gasteiger partial charge < -0.3 is 11.1 Å². The lowest BCUT2D eigenvalue weighted by molar-refractivity contribution is -0.163. The molecule has 1 aromatic carbocycles. The smallest absolute Gasteiger partial charge is 0.343 e. The van der Waals surface area contributed by atoms with Crippen LogP contribution in [0.15, 0.2) is 30.3 Å². The molecule has 0 aliphatic rings. The SMILES string of the molecule is CCC(C)C(N)C(=O)NC(CCc1ccccc1)C(F)(F)F. The van der Waals surface area contributed by atoms with E-state index in [4.69, 9.17) is 5.73 Å². The summed E-state index contributed by atoms with van der Waals surface area (Å²) in [5.41, 5.74) is 6.49. The van der Waals surface area contributed by atoms with Gasteiger partial charge in [0.1, 0.15) is 6.04 Å². The van der Waals surface area contributed by atoms with Gasteiger partial charge in [-0.05, 0) is 24.3 Å². The lowest BCUT2D eigenvalue weighted by Gasteiger charge is -2.25. The van der Waals surface area contributed by atoms with Gasteiger partial charge in [-0.25, -0.2) is 0 Å². The van der Waals surface area contributed by atoms with Crippen molar-refractivity contribution in [1.29, 1.82) is 0 Å². The number of hydrogen-bond donors (Lipinski definition) is 2. The maximum Gasteiger partial charge on any atom is 0.408 e. The van der Waals surface area contributed by atoms with Crippen molar-refractivity contribution in [3.05, 3.63) is 35.9 Å². The van der Waals surface area contributed by atoms with Gasteiger partial charge >= 0.3 is 6.18 Å². The number of carbonyl (C=O) groups excluding carboxylic acids is 1. The largest absolute Gasteiger partial charge is 0.408 e. The Kier molecular flexibility index (Phi) is 6.87. The summed E-state index contributed by atoms with van der Waals surface area (Å²) in [6.07, 6.45) is -3.81. The molecule has 0 bridgehead atoms. The topological polar surface area (TPSA) is 55.1 Å². The summed E-state index contributed by atoms with van der Waals surface area (Å²) < 4.78 is 39.2. The second-order valence-corrected chi connectivity index (χ2v) is 5.54. The highest BCUT2D eigenvalue weighted by Gasteiger charge is 2.41. The lowest BCUT2D eigenvalue weighted by atomic mass is 9.98. The van der Waals surface area contributed by atoms with Crippen molar-refractivity contribution < 1.29 is 18.0 Å². The lowest BCUT2D eigenvalue weighted by Crippen LogP contribution is -2.53. The van der Waals surface area contributed by atoms with E-state index in [1.807, 2.05) is 6.92 Å². The van der Waals surface area contributed by atoms with E-state index in [9.17, 15) is 18.0 Å². The van der Waals surface area contributed by atoms with Crippen molar-refractivity contribution in [2.24, 2.45) is 11.7 Å². The van der Waals surface area contributed by atoms with E-state index in [1.54, 1.807) is 37.3 Å². The number of benzene rings is 1. The van der Waals surface area contributed by atoms with Crippen LogP contribution in [0, 0.1) is 5.92 Å². The number of aryl methyl sites for hydroxylation is 1. The second-order valence-electron chi connectivity index (χ2n) is 5.54. The summed E-state index contributed by atoms with van der Waals surface area (Å²) in [7, 11) is 0. The average Bonchev–Trinajstić information content (AvgIpc) is 2.49. The van der Waals surface area contributed by atoms with Crippen LogP contribution < -0.4 is 11.1 Å². The third kappa shape index (κ3) is 5.67. The summed E-state index contributed by atoms with van der Waals surface area (Å²) in [5.74, 6) is -0.909. The van der Waals surface area contributed by atoms with Crippen LogP contribution in [-0.4, -0.2) is 24.2 Å². The first-order chi connectivity index (χ1) is 10.3. The first-order valence-corrected chi connectivity index (χ1v) is 7.42. The van der Waals surface area contributed by atoms with Gasteiger partial charge in [0.2, 0.25) is 5.91 Å². The molecule has 0 fully saturated rings. The first-order valence-electron chi connectivity index (χ1n) is 7.42. The number of rotatable bonds is 7. The standard InChI is InChI=1S/C16H23F3N2O/c1-3-11(2)14(20)15(22)21-13(16(17,18)19)10-9-12-7-5-4-6-8-12/h4-8,11,13-14H,3,9-10,20H2,1-2H3,(H,21,22). The zero-order valence-corrected chi connectivity index (χ0v) is 12.9. The molecule has 22 heavy (non-hydrogen) atoms. The molecule has 0 radical (unpaired) electrons. The van der Waals surface area contributed by atoms with Crippen LogP contribution in [0.1, 0.15) is 32.3 Å². The fourth-order valence-electron chi connectivity index (χ4n) is 2.05. The van der Waals surface area contributed by atoms with Crippen LogP contribution in [0.4, 0.5) is 13.2 Å². The molecule has 1 rings (SSSR count). The molecule has 1 amide bonds. The number of amides is 1. The predicted molar refractivity (Wildman–Crippen MR) is 80.2 cm³/mol. The minimum Gasteiger partial charge on any atom is -0.343 e. The van der Waals surface area contributed by atoms with E-state index in [0.717, 1.165) is 5.56 Å². The van der Waals surface area contributed by atoms with Gasteiger partial charge in [0.15, 0.2) is 0 Å². The van der Waals surface area contributed by atoms with Gasteiger partial charge in [0.05, 0.1) is 6.04 Å². The molecule has 0 heterocycles. The van der Waals surface area contributed by atoms with Crippen molar-refractivity contribution in [2.45, 2.75) is 51.4 Å². The molecule has 3 N–H and O–H groups in total. The Morgan fingerprint density at radius 2 is 1.86 bits per heavy atom. The molecule has 0 aromatic heterocycles. The summed E-state index contributed by atoms with van der Waals surface area (Å²) in [4.78, 5) is 11.9. The number of hydrogen-bond acceptors (Lipinski definition) is 2. The van der Waals surface area contributed by atoms with Gasteiger partial charge in [-0.3, -0.25) is 4.79 Å². The minimum absolute atomic E-state index is 0.164. The quantitative estimate of drug-likeness (QED) is 0.812. The van der Waals surface area contributed by atoms with E-state index in [2.05, 4.69) is 5.32 Å². The van der Waals surface area contributed by atoms with Crippen molar-refractivity contribution in [3.63, 3.8) is 0 Å². The Hall–Kier alpha value is -1.56. The molecular formula is C16H23F3N2O. The highest BCUT2D eigenvalue weighted by molar-refractivity contribution is 5.82. The Morgan fingerprint density at radius 1 is 1.27 bits per heavy atom. The maximum atomic E-state index is 13.1. The number of nitrogens with two attached hydrogens (primary N) is 1. The summed E-state index contributed by atoms with van der Waals surface area (Å²) in [5, 5.41) is 2.05. The van der Waals surface area contributed by atoms with Crippen molar-refractivity contribution in [3.8, 4) is 0 Å². The van der Waals surface area contributed by atoms with Crippen LogP contribution in [0.2, 0.25) is 0 Å². The first kappa shape index (κ1) is 18.5. The molecule has 0 aliphatic carbocycles. The van der Waals surface area contributed by atoms with Gasteiger partial charge in [0, 0.05) is 0 Å². The van der Waals surface area contributed by atoms with E-state index in [1.165, 1.54) is 0 Å². The molecular weight excluding hydrogens is 293 g/mol. The predicted octanol–water partition coefficient (Wildman–Crippen LogP) is 3.04. The van der Waals surface area contributed by atoms with E-state index in [-0.39, 0.29) is 18.8 Å². The Bertz CT molecular complexity index is 462. The zero-order valence-electron chi connectivity index (χ0n) is 12.9. The van der Waals surface area contributed by atoms with Crippen LogP contribution in [0.5, 0.6) is 0 Å². The highest BCUT2D eigenvalue weighted by Crippen LogP contribution is 2.24. The highest BCUT2D eigenvalue weighted by atomic mass is 19.4. The summed E-state index contributed by atoms with van der Waals surface area (Å²) in [6, 6.07) is 6.07. The molecule has 1 aromatic rings. The Morgan fingerprint density at radius 3 is 2.36 bits per heavy atom. The van der Waals surface area contributed by atoms with Gasteiger partial charge in [0.25, 0.3) is 0 Å². The number of alkyl halides is 3. The van der Waals surface area contributed by atoms with Gasteiger partial charge in [-0.15, -0.1) is 0 Å². The van der Waals surface area contributed by atoms with Crippen LogP contribution >= 0.6 is 0 Å². The average molecular weight is 316 g/mol. The third-order valence-electron chi connectivity index (χ3n) is 3.84. The molecule has 3 atom stereocenters. The molecule has 3 nitrogen and oxygen atoms in total. The van der Waals surface area contributed by atoms with Gasteiger partial charge in [-0.1, -0.05) is 50.6 Å². The van der Waals surface area contributed by atoms with Crippen LogP contribution in [0.3, 0.4) is 0 Å². The van der Waals surface area contributed by atoms with Crippen LogP contribution in [0.25, 0.3) is 0 Å². The number of halogens is 3. The van der Waals surface area contributed by atoms with Crippen molar-refractivity contribution >= 4 is 5.91 Å². The third-order valence-corrected chi connectivity index (χ3v) is 3.84. The second kappa shape index (κ2) is 8.17.